The predicted molar refractivity (Wildman–Crippen MR) is 91.7 cm³/mol. The normalized spacial score (nSPS) is 21.4. The van der Waals surface area contributed by atoms with Crippen molar-refractivity contribution < 1.29 is 4.79 Å². The average molecular weight is 332 g/mol. The second kappa shape index (κ2) is 6.75. The van der Waals surface area contributed by atoms with Crippen molar-refractivity contribution in [2.45, 2.75) is 51.7 Å². The van der Waals surface area contributed by atoms with Crippen LogP contribution >= 0.6 is 11.6 Å². The number of hydrogen-bond acceptors (Lipinski definition) is 2. The molecule has 0 bridgehead atoms. The van der Waals surface area contributed by atoms with Crippen molar-refractivity contribution in [3.05, 3.63) is 52.8 Å². The number of hydrogen-bond donors (Lipinski definition) is 0. The molecule has 1 fully saturated rings. The zero-order valence-electron chi connectivity index (χ0n) is 13.6. The molecule has 0 spiro atoms. The maximum absolute atomic E-state index is 12.8. The summed E-state index contributed by atoms with van der Waals surface area (Å²) in [6.07, 6.45) is 6.80. The molecule has 23 heavy (non-hydrogen) atoms. The molecular weight excluding hydrogens is 310 g/mol. The molecule has 1 aliphatic heterocycles. The lowest BCUT2D eigenvalue weighted by molar-refractivity contribution is 0.0511. The summed E-state index contributed by atoms with van der Waals surface area (Å²) in [6.45, 7) is 4.93. The van der Waals surface area contributed by atoms with Crippen LogP contribution in [0.25, 0.3) is 0 Å². The second-order valence-electron chi connectivity index (χ2n) is 6.39. The van der Waals surface area contributed by atoms with Crippen LogP contribution in [0.4, 0.5) is 0 Å². The van der Waals surface area contributed by atoms with E-state index >= 15 is 0 Å². The number of nitrogens with zero attached hydrogens (tertiary/aromatic N) is 3. The molecular formula is C18H22ClN3O. The summed E-state index contributed by atoms with van der Waals surface area (Å²) in [4.78, 5) is 14.8. The van der Waals surface area contributed by atoms with Gasteiger partial charge >= 0.3 is 0 Å². The van der Waals surface area contributed by atoms with E-state index in [1.54, 1.807) is 17.1 Å². The van der Waals surface area contributed by atoms with E-state index in [0.29, 0.717) is 23.7 Å². The van der Waals surface area contributed by atoms with Crippen LogP contribution in [0.2, 0.25) is 5.02 Å². The molecule has 1 saturated heterocycles. The standard InChI is InChI=1S/C18H22ClN3O/c1-13-4-3-5-14(2)22(13)18(23)16-8-6-15(7-9-16)11-21-12-17(19)10-20-21/h6-10,12-14H,3-5,11H2,1-2H3. The summed E-state index contributed by atoms with van der Waals surface area (Å²) in [7, 11) is 0. The monoisotopic (exact) mass is 331 g/mol. The lowest BCUT2D eigenvalue weighted by Crippen LogP contribution is -2.47. The van der Waals surface area contributed by atoms with Gasteiger partial charge in [-0.15, -0.1) is 0 Å². The number of halogens is 1. The largest absolute Gasteiger partial charge is 0.333 e. The molecule has 2 aromatic rings. The molecule has 2 atom stereocenters. The van der Waals surface area contributed by atoms with Gasteiger partial charge in [-0.05, 0) is 50.8 Å². The van der Waals surface area contributed by atoms with Gasteiger partial charge < -0.3 is 4.90 Å². The van der Waals surface area contributed by atoms with Crippen LogP contribution in [0.15, 0.2) is 36.7 Å². The van der Waals surface area contributed by atoms with Gasteiger partial charge in [-0.2, -0.15) is 5.10 Å². The molecule has 1 aromatic heterocycles. The number of carbonyl (C=O) groups excluding carboxylic acids is 1. The smallest absolute Gasteiger partial charge is 0.254 e. The zero-order valence-corrected chi connectivity index (χ0v) is 14.3. The Morgan fingerprint density at radius 2 is 1.87 bits per heavy atom. The van der Waals surface area contributed by atoms with Gasteiger partial charge in [0.25, 0.3) is 5.91 Å². The van der Waals surface area contributed by atoms with Crippen LogP contribution in [0.1, 0.15) is 49.0 Å². The molecule has 0 N–H and O–H groups in total. The lowest BCUT2D eigenvalue weighted by atomic mass is 9.96. The van der Waals surface area contributed by atoms with Gasteiger partial charge in [0.05, 0.1) is 17.8 Å². The molecule has 4 nitrogen and oxygen atoms in total. The highest BCUT2D eigenvalue weighted by Crippen LogP contribution is 2.24. The highest BCUT2D eigenvalue weighted by molar-refractivity contribution is 6.30. The Hall–Kier alpha value is -1.81. The van der Waals surface area contributed by atoms with Gasteiger partial charge in [0.15, 0.2) is 0 Å². The number of aromatic nitrogens is 2. The molecule has 1 aliphatic rings. The number of benzene rings is 1. The summed E-state index contributed by atoms with van der Waals surface area (Å²) in [5.41, 5.74) is 1.86. The first-order chi connectivity index (χ1) is 11.0. The van der Waals surface area contributed by atoms with Crippen LogP contribution in [0, 0.1) is 0 Å². The summed E-state index contributed by atoms with van der Waals surface area (Å²) in [5.74, 6) is 0.137. The maximum Gasteiger partial charge on any atom is 0.254 e. The number of likely N-dealkylation sites (tertiary alicyclic amines) is 1. The lowest BCUT2D eigenvalue weighted by Gasteiger charge is -2.39. The Balaban J connectivity index is 1.72. The third kappa shape index (κ3) is 3.58. The molecule has 122 valence electrons. The SMILES string of the molecule is CC1CCCC(C)N1C(=O)c1ccc(Cn2cc(Cl)cn2)cc1. The third-order valence-electron chi connectivity index (χ3n) is 4.58. The molecule has 0 radical (unpaired) electrons. The Labute approximate surface area is 142 Å². The van der Waals surface area contributed by atoms with E-state index in [9.17, 15) is 4.79 Å². The van der Waals surface area contributed by atoms with Crippen molar-refractivity contribution in [2.24, 2.45) is 0 Å². The summed E-state index contributed by atoms with van der Waals surface area (Å²) in [5, 5.41) is 4.80. The van der Waals surface area contributed by atoms with Gasteiger partial charge in [-0.1, -0.05) is 23.7 Å². The van der Waals surface area contributed by atoms with E-state index in [1.165, 1.54) is 6.42 Å². The van der Waals surface area contributed by atoms with Gasteiger partial charge in [0, 0.05) is 23.8 Å². The quantitative estimate of drug-likeness (QED) is 0.853. The molecule has 1 amide bonds. The first-order valence-electron chi connectivity index (χ1n) is 8.14. The first kappa shape index (κ1) is 16.1. The zero-order chi connectivity index (χ0) is 16.4. The minimum atomic E-state index is 0.137. The van der Waals surface area contributed by atoms with Crippen LogP contribution < -0.4 is 0 Å². The first-order valence-corrected chi connectivity index (χ1v) is 8.52. The van der Waals surface area contributed by atoms with E-state index in [0.717, 1.165) is 24.0 Å². The van der Waals surface area contributed by atoms with Gasteiger partial charge in [-0.25, -0.2) is 0 Å². The Bertz CT molecular complexity index is 670. The number of amides is 1. The van der Waals surface area contributed by atoms with Crippen molar-refractivity contribution in [3.63, 3.8) is 0 Å². The Kier molecular flexibility index (Phi) is 4.71. The van der Waals surface area contributed by atoms with Crippen LogP contribution in [-0.4, -0.2) is 32.7 Å². The fourth-order valence-electron chi connectivity index (χ4n) is 3.34. The Morgan fingerprint density at radius 1 is 1.22 bits per heavy atom. The highest BCUT2D eigenvalue weighted by Gasteiger charge is 2.29. The minimum absolute atomic E-state index is 0.137. The van der Waals surface area contributed by atoms with Crippen molar-refractivity contribution in [1.82, 2.24) is 14.7 Å². The van der Waals surface area contributed by atoms with Crippen LogP contribution in [0.5, 0.6) is 0 Å². The molecule has 5 heteroatoms. The summed E-state index contributed by atoms with van der Waals surface area (Å²) < 4.78 is 1.79. The maximum atomic E-state index is 12.8. The molecule has 1 aromatic carbocycles. The minimum Gasteiger partial charge on any atom is -0.333 e. The fourth-order valence-corrected chi connectivity index (χ4v) is 3.49. The topological polar surface area (TPSA) is 38.1 Å². The van der Waals surface area contributed by atoms with Crippen LogP contribution in [0.3, 0.4) is 0 Å². The van der Waals surface area contributed by atoms with Crippen molar-refractivity contribution in [1.29, 1.82) is 0 Å². The Morgan fingerprint density at radius 3 is 2.43 bits per heavy atom. The molecule has 0 saturated carbocycles. The fraction of sp³-hybridized carbons (Fsp3) is 0.444. The molecule has 2 heterocycles. The molecule has 2 unspecified atom stereocenters. The predicted octanol–water partition coefficient (Wildman–Crippen LogP) is 3.99. The van der Waals surface area contributed by atoms with Gasteiger partial charge in [0.1, 0.15) is 0 Å². The highest BCUT2D eigenvalue weighted by atomic mass is 35.5. The van der Waals surface area contributed by atoms with Crippen molar-refractivity contribution >= 4 is 17.5 Å². The number of carbonyl (C=O) groups is 1. The van der Waals surface area contributed by atoms with E-state index in [4.69, 9.17) is 11.6 Å². The molecule has 3 rings (SSSR count). The van der Waals surface area contributed by atoms with Gasteiger partial charge in [-0.3, -0.25) is 9.48 Å². The van der Waals surface area contributed by atoms with E-state index < -0.39 is 0 Å². The summed E-state index contributed by atoms with van der Waals surface area (Å²) >= 11 is 5.87. The van der Waals surface area contributed by atoms with E-state index in [1.807, 2.05) is 29.2 Å². The van der Waals surface area contributed by atoms with Crippen molar-refractivity contribution in [3.8, 4) is 0 Å². The van der Waals surface area contributed by atoms with Gasteiger partial charge in [0.2, 0.25) is 0 Å². The second-order valence-corrected chi connectivity index (χ2v) is 6.83. The molecule has 0 aliphatic carbocycles. The van der Waals surface area contributed by atoms with Crippen LogP contribution in [-0.2, 0) is 6.54 Å². The number of piperidine rings is 1. The van der Waals surface area contributed by atoms with E-state index in [-0.39, 0.29) is 5.91 Å². The van der Waals surface area contributed by atoms with E-state index in [2.05, 4.69) is 18.9 Å². The summed E-state index contributed by atoms with van der Waals surface area (Å²) in [6, 6.07) is 8.44. The third-order valence-corrected chi connectivity index (χ3v) is 4.77. The van der Waals surface area contributed by atoms with Crippen molar-refractivity contribution in [2.75, 3.05) is 0 Å². The number of rotatable bonds is 3. The average Bonchev–Trinajstić information content (AvgIpc) is 2.93.